The van der Waals surface area contributed by atoms with E-state index < -0.39 is 5.79 Å². The highest BCUT2D eigenvalue weighted by molar-refractivity contribution is 5.84. The predicted molar refractivity (Wildman–Crippen MR) is 111 cm³/mol. The van der Waals surface area contributed by atoms with Gasteiger partial charge in [0.2, 0.25) is 5.91 Å². The molecular weight excluding hydrogens is 372 g/mol. The van der Waals surface area contributed by atoms with Gasteiger partial charge in [0, 0.05) is 46.4 Å². The SMILES string of the molecule is CN(C)C(=O)CN=C(NCCc1ccco1)NCC1COC2(CCCCCC2)O1. The van der Waals surface area contributed by atoms with Crippen molar-refractivity contribution in [2.75, 3.05) is 40.3 Å². The molecule has 1 saturated heterocycles. The first-order chi connectivity index (χ1) is 14.1. The van der Waals surface area contributed by atoms with Crippen LogP contribution in [0, 0.1) is 0 Å². The fourth-order valence-electron chi connectivity index (χ4n) is 3.68. The van der Waals surface area contributed by atoms with E-state index in [2.05, 4.69) is 15.6 Å². The van der Waals surface area contributed by atoms with E-state index in [4.69, 9.17) is 13.9 Å². The standard InChI is InChI=1S/C21H34N4O4/c1-25(2)19(26)15-24-20(22-12-9-17-8-7-13-27-17)23-14-18-16-28-21(29-18)10-5-3-4-6-11-21/h7-8,13,18H,3-6,9-12,14-16H2,1-2H3,(H2,22,23,24). The molecule has 1 saturated carbocycles. The average Bonchev–Trinajstić information content (AvgIpc) is 3.30. The second-order valence-electron chi connectivity index (χ2n) is 7.97. The Morgan fingerprint density at radius 1 is 1.24 bits per heavy atom. The smallest absolute Gasteiger partial charge is 0.243 e. The van der Waals surface area contributed by atoms with Crippen LogP contribution in [0.15, 0.2) is 27.8 Å². The van der Waals surface area contributed by atoms with Crippen molar-refractivity contribution in [3.8, 4) is 0 Å². The van der Waals surface area contributed by atoms with Crippen molar-refractivity contribution in [1.82, 2.24) is 15.5 Å². The van der Waals surface area contributed by atoms with E-state index in [9.17, 15) is 4.79 Å². The van der Waals surface area contributed by atoms with E-state index in [0.717, 1.165) is 37.9 Å². The van der Waals surface area contributed by atoms with Gasteiger partial charge in [0.15, 0.2) is 11.7 Å². The summed E-state index contributed by atoms with van der Waals surface area (Å²) in [5, 5.41) is 6.58. The lowest BCUT2D eigenvalue weighted by Gasteiger charge is -2.26. The van der Waals surface area contributed by atoms with Gasteiger partial charge in [-0.1, -0.05) is 12.8 Å². The molecule has 29 heavy (non-hydrogen) atoms. The molecule has 1 atom stereocenters. The van der Waals surface area contributed by atoms with Crippen molar-refractivity contribution in [3.63, 3.8) is 0 Å². The summed E-state index contributed by atoms with van der Waals surface area (Å²) < 4.78 is 17.7. The van der Waals surface area contributed by atoms with Crippen molar-refractivity contribution in [2.45, 2.75) is 56.8 Å². The Labute approximate surface area is 173 Å². The highest BCUT2D eigenvalue weighted by atomic mass is 16.7. The van der Waals surface area contributed by atoms with E-state index >= 15 is 0 Å². The van der Waals surface area contributed by atoms with Crippen LogP contribution in [-0.4, -0.2) is 69.0 Å². The molecular formula is C21H34N4O4. The highest BCUT2D eigenvalue weighted by Crippen LogP contribution is 2.36. The van der Waals surface area contributed by atoms with E-state index in [0.29, 0.717) is 25.7 Å². The number of aliphatic imine (C=N–C) groups is 1. The Kier molecular flexibility index (Phi) is 7.94. The molecule has 8 heteroatoms. The number of nitrogens with zero attached hydrogens (tertiary/aromatic N) is 2. The Morgan fingerprint density at radius 3 is 2.72 bits per heavy atom. The number of carbonyl (C=O) groups is 1. The molecule has 2 fully saturated rings. The molecule has 8 nitrogen and oxygen atoms in total. The van der Waals surface area contributed by atoms with Gasteiger partial charge in [0.25, 0.3) is 0 Å². The van der Waals surface area contributed by atoms with E-state index in [-0.39, 0.29) is 18.6 Å². The lowest BCUT2D eigenvalue weighted by molar-refractivity contribution is -0.175. The Bertz CT molecular complexity index is 652. The zero-order chi connectivity index (χ0) is 20.5. The molecule has 1 aliphatic heterocycles. The van der Waals surface area contributed by atoms with Gasteiger partial charge in [-0.05, 0) is 25.0 Å². The van der Waals surface area contributed by atoms with Crippen LogP contribution in [0.2, 0.25) is 0 Å². The molecule has 1 unspecified atom stereocenters. The average molecular weight is 407 g/mol. The highest BCUT2D eigenvalue weighted by Gasteiger charge is 2.41. The van der Waals surface area contributed by atoms with Crippen molar-refractivity contribution >= 4 is 11.9 Å². The molecule has 0 bridgehead atoms. The molecule has 3 rings (SSSR count). The number of furan rings is 1. The summed E-state index contributed by atoms with van der Waals surface area (Å²) in [5.41, 5.74) is 0. The van der Waals surface area contributed by atoms with E-state index in [1.54, 1.807) is 20.4 Å². The van der Waals surface area contributed by atoms with Gasteiger partial charge in [-0.3, -0.25) is 4.79 Å². The third-order valence-corrected chi connectivity index (χ3v) is 5.39. The normalized spacial score (nSPS) is 21.7. The summed E-state index contributed by atoms with van der Waals surface area (Å²) in [6.07, 6.45) is 9.17. The van der Waals surface area contributed by atoms with Gasteiger partial charge in [-0.25, -0.2) is 4.99 Å². The maximum Gasteiger partial charge on any atom is 0.243 e. The summed E-state index contributed by atoms with van der Waals surface area (Å²) in [6, 6.07) is 3.82. The van der Waals surface area contributed by atoms with Crippen LogP contribution in [0.25, 0.3) is 0 Å². The van der Waals surface area contributed by atoms with E-state index in [1.165, 1.54) is 17.7 Å². The number of likely N-dealkylation sites (N-methyl/N-ethyl adjacent to an activating group) is 1. The summed E-state index contributed by atoms with van der Waals surface area (Å²) in [4.78, 5) is 17.9. The molecule has 1 aliphatic carbocycles. The first-order valence-electron chi connectivity index (χ1n) is 10.6. The Morgan fingerprint density at radius 2 is 2.03 bits per heavy atom. The Hall–Kier alpha value is -2.06. The van der Waals surface area contributed by atoms with Gasteiger partial charge in [-0.15, -0.1) is 0 Å². The number of nitrogens with one attached hydrogen (secondary N) is 2. The lowest BCUT2D eigenvalue weighted by atomic mass is 10.1. The fourth-order valence-corrected chi connectivity index (χ4v) is 3.68. The van der Waals surface area contributed by atoms with Gasteiger partial charge in [0.1, 0.15) is 18.4 Å². The van der Waals surface area contributed by atoms with Gasteiger partial charge >= 0.3 is 0 Å². The number of rotatable bonds is 7. The number of guanidine groups is 1. The van der Waals surface area contributed by atoms with Crippen LogP contribution in [0.5, 0.6) is 0 Å². The van der Waals surface area contributed by atoms with E-state index in [1.807, 2.05) is 12.1 Å². The molecule has 1 aromatic heterocycles. The first kappa shape index (κ1) is 21.6. The maximum atomic E-state index is 11.9. The third-order valence-electron chi connectivity index (χ3n) is 5.39. The summed E-state index contributed by atoms with van der Waals surface area (Å²) in [7, 11) is 3.45. The fraction of sp³-hybridized carbons (Fsp3) is 0.714. The second-order valence-corrected chi connectivity index (χ2v) is 7.97. The number of hydrogen-bond donors (Lipinski definition) is 2. The minimum absolute atomic E-state index is 0.0188. The zero-order valence-corrected chi connectivity index (χ0v) is 17.6. The van der Waals surface area contributed by atoms with Gasteiger partial charge in [-0.2, -0.15) is 0 Å². The Balaban J connectivity index is 1.50. The molecule has 1 spiro atoms. The topological polar surface area (TPSA) is 88.3 Å². The van der Waals surface area contributed by atoms with Crippen molar-refractivity contribution in [2.24, 2.45) is 4.99 Å². The summed E-state index contributed by atoms with van der Waals surface area (Å²) in [5.74, 6) is 1.06. The molecule has 0 aromatic carbocycles. The van der Waals surface area contributed by atoms with Gasteiger partial charge < -0.3 is 29.4 Å². The van der Waals surface area contributed by atoms with Crippen molar-refractivity contribution < 1.29 is 18.7 Å². The van der Waals surface area contributed by atoms with Crippen LogP contribution < -0.4 is 10.6 Å². The number of carbonyl (C=O) groups excluding carboxylic acids is 1. The van der Waals surface area contributed by atoms with Crippen LogP contribution in [0.4, 0.5) is 0 Å². The summed E-state index contributed by atoms with van der Waals surface area (Å²) in [6.45, 7) is 1.92. The van der Waals surface area contributed by atoms with Crippen LogP contribution in [0.1, 0.15) is 44.3 Å². The molecule has 1 amide bonds. The molecule has 0 radical (unpaired) electrons. The lowest BCUT2D eigenvalue weighted by Crippen LogP contribution is -2.43. The molecule has 2 heterocycles. The second kappa shape index (κ2) is 10.6. The monoisotopic (exact) mass is 406 g/mol. The minimum atomic E-state index is -0.395. The number of hydrogen-bond acceptors (Lipinski definition) is 5. The third kappa shape index (κ3) is 6.75. The van der Waals surface area contributed by atoms with Crippen LogP contribution in [-0.2, 0) is 20.7 Å². The number of ether oxygens (including phenoxy) is 2. The number of amides is 1. The van der Waals surface area contributed by atoms with Crippen molar-refractivity contribution in [1.29, 1.82) is 0 Å². The molecule has 2 N–H and O–H groups in total. The van der Waals surface area contributed by atoms with Crippen LogP contribution in [0.3, 0.4) is 0 Å². The van der Waals surface area contributed by atoms with Gasteiger partial charge in [0.05, 0.1) is 12.9 Å². The predicted octanol–water partition coefficient (Wildman–Crippen LogP) is 1.91. The largest absolute Gasteiger partial charge is 0.469 e. The quantitative estimate of drug-likeness (QED) is 0.531. The summed E-state index contributed by atoms with van der Waals surface area (Å²) >= 11 is 0. The minimum Gasteiger partial charge on any atom is -0.469 e. The van der Waals surface area contributed by atoms with Crippen LogP contribution >= 0.6 is 0 Å². The molecule has 1 aromatic rings. The van der Waals surface area contributed by atoms with Crippen molar-refractivity contribution in [3.05, 3.63) is 24.2 Å². The zero-order valence-electron chi connectivity index (χ0n) is 17.6. The molecule has 162 valence electrons. The maximum absolute atomic E-state index is 11.9. The molecule has 2 aliphatic rings. The first-order valence-corrected chi connectivity index (χ1v) is 10.6.